The van der Waals surface area contributed by atoms with E-state index in [-0.39, 0.29) is 12.8 Å². The zero-order chi connectivity index (χ0) is 15.9. The molecule has 7 nitrogen and oxygen atoms in total. The number of aliphatic imine (C=N–C) groups is 2. The van der Waals surface area contributed by atoms with Crippen LogP contribution in [-0.2, 0) is 23.8 Å². The summed E-state index contributed by atoms with van der Waals surface area (Å²) in [6, 6.07) is 0. The number of esters is 2. The monoisotopic (exact) mass is 298 g/mol. The van der Waals surface area contributed by atoms with Crippen molar-refractivity contribution in [2.24, 2.45) is 9.98 Å². The van der Waals surface area contributed by atoms with Crippen LogP contribution in [0.4, 0.5) is 0 Å². The number of hydrogen-bond acceptors (Lipinski definition) is 7. The molecule has 0 aromatic rings. The lowest BCUT2D eigenvalue weighted by Gasteiger charge is -1.79. The molecule has 0 spiro atoms. The number of rotatable bonds is 0. The Kier molecular flexibility index (Phi) is 11.5. The minimum atomic E-state index is -0.398. The molecule has 118 valence electrons. The molecular weight excluding hydrogens is 276 g/mol. The molecule has 0 N–H and O–H groups in total. The highest BCUT2D eigenvalue weighted by molar-refractivity contribution is 5.92. The Morgan fingerprint density at radius 1 is 1.00 bits per heavy atom. The third kappa shape index (κ3) is 15.8. The van der Waals surface area contributed by atoms with Crippen LogP contribution in [0.2, 0.25) is 0 Å². The molecule has 0 aromatic heterocycles. The maximum absolute atomic E-state index is 10.0. The Morgan fingerprint density at radius 2 is 1.38 bits per heavy atom. The predicted molar refractivity (Wildman–Crippen MR) is 79.4 cm³/mol. The SMILES string of the molecule is C1=NCCO1.C1=NCCO1.C=C(C)C.O=C1CCC(=O)O1. The van der Waals surface area contributed by atoms with E-state index >= 15 is 0 Å². The summed E-state index contributed by atoms with van der Waals surface area (Å²) in [4.78, 5) is 27.5. The number of carbonyl (C=O) groups excluding carboxylic acids is 2. The molecule has 0 unspecified atom stereocenters. The fraction of sp³-hybridized carbons (Fsp3) is 0.571. The quantitative estimate of drug-likeness (QED) is 0.384. The van der Waals surface area contributed by atoms with E-state index in [9.17, 15) is 9.59 Å². The summed E-state index contributed by atoms with van der Waals surface area (Å²) in [6.45, 7) is 10.8. The first-order valence-electron chi connectivity index (χ1n) is 6.57. The molecule has 21 heavy (non-hydrogen) atoms. The van der Waals surface area contributed by atoms with Gasteiger partial charge in [0.25, 0.3) is 0 Å². The third-order valence-electron chi connectivity index (χ3n) is 1.74. The molecule has 7 heteroatoms. The Balaban J connectivity index is 0.000000260. The van der Waals surface area contributed by atoms with E-state index < -0.39 is 11.9 Å². The van der Waals surface area contributed by atoms with Crippen molar-refractivity contribution in [1.29, 1.82) is 0 Å². The summed E-state index contributed by atoms with van der Waals surface area (Å²) in [5.74, 6) is -0.796. The number of hydrogen-bond donors (Lipinski definition) is 0. The summed E-state index contributed by atoms with van der Waals surface area (Å²) in [7, 11) is 0. The zero-order valence-corrected chi connectivity index (χ0v) is 12.5. The van der Waals surface area contributed by atoms with E-state index in [0.717, 1.165) is 26.3 Å². The molecule has 3 rings (SSSR count). The largest absolute Gasteiger partial charge is 0.482 e. The fourth-order valence-corrected chi connectivity index (χ4v) is 0.960. The van der Waals surface area contributed by atoms with Gasteiger partial charge in [-0.25, -0.2) is 0 Å². The molecule has 0 aliphatic carbocycles. The highest BCUT2D eigenvalue weighted by atomic mass is 16.6. The van der Waals surface area contributed by atoms with Gasteiger partial charge in [-0.2, -0.15) is 0 Å². The average molecular weight is 298 g/mol. The van der Waals surface area contributed by atoms with Gasteiger partial charge in [0, 0.05) is 0 Å². The molecule has 0 saturated carbocycles. The van der Waals surface area contributed by atoms with E-state index in [0.29, 0.717) is 0 Å². The molecule has 0 atom stereocenters. The zero-order valence-electron chi connectivity index (χ0n) is 12.5. The highest BCUT2D eigenvalue weighted by Gasteiger charge is 2.19. The molecule has 0 aromatic carbocycles. The van der Waals surface area contributed by atoms with Gasteiger partial charge in [-0.3, -0.25) is 19.6 Å². The van der Waals surface area contributed by atoms with Crippen molar-refractivity contribution in [2.45, 2.75) is 26.7 Å². The van der Waals surface area contributed by atoms with Gasteiger partial charge in [0.05, 0.1) is 25.9 Å². The van der Waals surface area contributed by atoms with E-state index in [1.807, 2.05) is 13.8 Å². The van der Waals surface area contributed by atoms with E-state index in [4.69, 9.17) is 0 Å². The van der Waals surface area contributed by atoms with Gasteiger partial charge < -0.3 is 14.2 Å². The molecule has 3 heterocycles. The lowest BCUT2D eigenvalue weighted by molar-refractivity contribution is -0.151. The maximum atomic E-state index is 10.0. The van der Waals surface area contributed by atoms with Crippen LogP contribution < -0.4 is 0 Å². The Bertz CT molecular complexity index is 345. The lowest BCUT2D eigenvalue weighted by atomic mass is 10.4. The number of nitrogens with zero attached hydrogens (tertiary/aromatic N) is 2. The minimum Gasteiger partial charge on any atom is -0.482 e. The topological polar surface area (TPSA) is 86.6 Å². The van der Waals surface area contributed by atoms with Gasteiger partial charge in [-0.15, -0.1) is 6.58 Å². The van der Waals surface area contributed by atoms with E-state index in [1.54, 1.807) is 0 Å². The number of ether oxygens (including phenoxy) is 3. The van der Waals surface area contributed by atoms with Crippen LogP contribution in [-0.4, -0.2) is 51.0 Å². The van der Waals surface area contributed by atoms with Crippen LogP contribution in [0.3, 0.4) is 0 Å². The summed E-state index contributed by atoms with van der Waals surface area (Å²) < 4.78 is 13.4. The molecule has 0 amide bonds. The van der Waals surface area contributed by atoms with Gasteiger partial charge >= 0.3 is 11.9 Å². The molecular formula is C14H22N2O5. The molecule has 1 fully saturated rings. The predicted octanol–water partition coefficient (Wildman–Crippen LogP) is 1.52. The second kappa shape index (κ2) is 12.8. The van der Waals surface area contributed by atoms with Crippen LogP contribution in [0, 0.1) is 0 Å². The lowest BCUT2D eigenvalue weighted by Crippen LogP contribution is -1.94. The molecule has 3 aliphatic heterocycles. The van der Waals surface area contributed by atoms with Crippen LogP contribution in [0.25, 0.3) is 0 Å². The number of cyclic esters (lactones) is 2. The van der Waals surface area contributed by atoms with Crippen molar-refractivity contribution >= 4 is 24.7 Å². The van der Waals surface area contributed by atoms with Crippen molar-refractivity contribution < 1.29 is 23.8 Å². The average Bonchev–Trinajstić information content (AvgIpc) is 3.15. The summed E-state index contributed by atoms with van der Waals surface area (Å²) >= 11 is 0. The maximum Gasteiger partial charge on any atom is 0.314 e. The van der Waals surface area contributed by atoms with Crippen LogP contribution in [0.1, 0.15) is 26.7 Å². The molecule has 0 radical (unpaired) electrons. The van der Waals surface area contributed by atoms with Crippen LogP contribution in [0.15, 0.2) is 22.1 Å². The van der Waals surface area contributed by atoms with Crippen molar-refractivity contribution in [3.05, 3.63) is 12.2 Å². The fourth-order valence-electron chi connectivity index (χ4n) is 0.960. The van der Waals surface area contributed by atoms with Crippen molar-refractivity contribution in [3.8, 4) is 0 Å². The normalized spacial score (nSPS) is 17.0. The van der Waals surface area contributed by atoms with Crippen molar-refractivity contribution in [1.82, 2.24) is 0 Å². The minimum absolute atomic E-state index is 0.263. The Morgan fingerprint density at radius 3 is 1.48 bits per heavy atom. The second-order valence-electron chi connectivity index (χ2n) is 4.32. The first-order valence-corrected chi connectivity index (χ1v) is 6.57. The first-order chi connectivity index (χ1) is 10.0. The Hall–Kier alpha value is -2.18. The smallest absolute Gasteiger partial charge is 0.314 e. The highest BCUT2D eigenvalue weighted by Crippen LogP contribution is 2.03. The van der Waals surface area contributed by atoms with Gasteiger partial charge in [0.1, 0.15) is 13.2 Å². The van der Waals surface area contributed by atoms with Gasteiger partial charge in [0.15, 0.2) is 12.8 Å². The summed E-state index contributed by atoms with van der Waals surface area (Å²) in [6.07, 6.45) is 3.50. The first kappa shape index (κ1) is 18.8. The van der Waals surface area contributed by atoms with Gasteiger partial charge in [-0.05, 0) is 13.8 Å². The summed E-state index contributed by atoms with van der Waals surface area (Å²) in [5.41, 5.74) is 1.17. The van der Waals surface area contributed by atoms with E-state index in [1.165, 1.54) is 18.4 Å². The van der Waals surface area contributed by atoms with Gasteiger partial charge in [0.2, 0.25) is 0 Å². The summed E-state index contributed by atoms with van der Waals surface area (Å²) in [5, 5.41) is 0. The molecule has 0 bridgehead atoms. The molecule has 1 saturated heterocycles. The van der Waals surface area contributed by atoms with Crippen LogP contribution >= 0.6 is 0 Å². The standard InChI is InChI=1S/C4H4O3.C4H8.2C3H5NO/c5-3-1-2-4(6)7-3;1-4(2)3;2*1-2-5-3-4-1/h1-2H2;1H2,2-3H3;2*3H,1-2H2. The second-order valence-corrected chi connectivity index (χ2v) is 4.32. The van der Waals surface area contributed by atoms with Crippen LogP contribution in [0.5, 0.6) is 0 Å². The van der Waals surface area contributed by atoms with Crippen molar-refractivity contribution in [2.75, 3.05) is 26.3 Å². The number of carbonyl (C=O) groups is 2. The molecule has 3 aliphatic rings. The number of allylic oxidation sites excluding steroid dienone is 1. The Labute approximate surface area is 124 Å². The van der Waals surface area contributed by atoms with Gasteiger partial charge in [-0.1, -0.05) is 5.57 Å². The van der Waals surface area contributed by atoms with E-state index in [2.05, 4.69) is 30.8 Å². The van der Waals surface area contributed by atoms with Crippen molar-refractivity contribution in [3.63, 3.8) is 0 Å². The third-order valence-corrected chi connectivity index (χ3v) is 1.74.